The molecule has 27 heavy (non-hydrogen) atoms. The number of rotatable bonds is 11. The van der Waals surface area contributed by atoms with Gasteiger partial charge >= 0.3 is 0 Å². The lowest BCUT2D eigenvalue weighted by atomic mass is 10.3. The Hall–Kier alpha value is -0.443. The van der Waals surface area contributed by atoms with Crippen molar-refractivity contribution in [2.45, 2.75) is 67.8 Å². The third-order valence-corrected chi connectivity index (χ3v) is 13.6. The van der Waals surface area contributed by atoms with E-state index >= 15 is 0 Å². The maximum atomic E-state index is 10.7. The summed E-state index contributed by atoms with van der Waals surface area (Å²) in [6.07, 6.45) is 0. The zero-order valence-corrected chi connectivity index (χ0v) is 21.1. The first kappa shape index (κ1) is 24.6. The number of ether oxygens (including phenoxy) is 1. The lowest BCUT2D eigenvalue weighted by Gasteiger charge is -2.42. The highest BCUT2D eigenvalue weighted by molar-refractivity contribution is 9.12. The van der Waals surface area contributed by atoms with E-state index in [0.717, 1.165) is 0 Å². The number of alkyl halides is 2. The molecule has 2 atom stereocenters. The standard InChI is InChI=1S/C19H31Br2NO4Si/c1-13(2)27(14(3)4,15(5)6)26-12-19(21)18(20)11-25-17-9-7-16(8-10-17)22(23)24/h7-10,13-15,18-19H,11-12H2,1-6H3/t18-,19-/m0/s1. The van der Waals surface area contributed by atoms with Gasteiger partial charge in [0.05, 0.1) is 14.6 Å². The number of hydrogen-bond acceptors (Lipinski definition) is 4. The Labute approximate surface area is 180 Å². The van der Waals surface area contributed by atoms with Crippen molar-refractivity contribution in [3.8, 4) is 5.75 Å². The van der Waals surface area contributed by atoms with Crippen molar-refractivity contribution in [3.05, 3.63) is 34.4 Å². The minimum absolute atomic E-state index is 0.0573. The highest BCUT2D eigenvalue weighted by Gasteiger charge is 2.45. The van der Waals surface area contributed by atoms with Gasteiger partial charge in [-0.2, -0.15) is 0 Å². The van der Waals surface area contributed by atoms with Gasteiger partial charge in [-0.05, 0) is 28.8 Å². The Morgan fingerprint density at radius 1 is 0.926 bits per heavy atom. The molecule has 0 spiro atoms. The van der Waals surface area contributed by atoms with Crippen LogP contribution in [0.4, 0.5) is 5.69 Å². The Bertz CT molecular complexity index is 574. The lowest BCUT2D eigenvalue weighted by molar-refractivity contribution is -0.384. The van der Waals surface area contributed by atoms with Crippen LogP contribution in [0.5, 0.6) is 5.75 Å². The van der Waals surface area contributed by atoms with Crippen LogP contribution < -0.4 is 4.74 Å². The smallest absolute Gasteiger partial charge is 0.269 e. The molecule has 1 aromatic carbocycles. The van der Waals surface area contributed by atoms with Gasteiger partial charge < -0.3 is 9.16 Å². The minimum atomic E-state index is -1.90. The number of non-ortho nitro benzene ring substituents is 1. The lowest BCUT2D eigenvalue weighted by Crippen LogP contribution is -2.49. The SMILES string of the molecule is CC(C)[Si](OC[C@H](Br)[C@@H](Br)COc1ccc([N+](=O)[O-])cc1)(C(C)C)C(C)C. The summed E-state index contributed by atoms with van der Waals surface area (Å²) in [5.74, 6) is 0.612. The van der Waals surface area contributed by atoms with Crippen LogP contribution in [0, 0.1) is 10.1 Å². The molecule has 0 saturated heterocycles. The molecule has 0 saturated carbocycles. The Balaban J connectivity index is 2.62. The Morgan fingerprint density at radius 2 is 1.37 bits per heavy atom. The summed E-state index contributed by atoms with van der Waals surface area (Å²) < 4.78 is 12.4. The average molecular weight is 525 g/mol. The van der Waals surface area contributed by atoms with E-state index in [-0.39, 0.29) is 15.3 Å². The van der Waals surface area contributed by atoms with E-state index in [2.05, 4.69) is 73.4 Å². The van der Waals surface area contributed by atoms with Crippen LogP contribution in [0.2, 0.25) is 16.6 Å². The van der Waals surface area contributed by atoms with Gasteiger partial charge in [0, 0.05) is 18.7 Å². The van der Waals surface area contributed by atoms with Crippen molar-refractivity contribution in [1.82, 2.24) is 0 Å². The van der Waals surface area contributed by atoms with E-state index in [1.807, 2.05) is 0 Å². The van der Waals surface area contributed by atoms with Gasteiger partial charge in [0.25, 0.3) is 5.69 Å². The number of nitrogens with zero attached hydrogens (tertiary/aromatic N) is 1. The fourth-order valence-corrected chi connectivity index (χ4v) is 10.1. The molecule has 0 heterocycles. The van der Waals surface area contributed by atoms with Crippen molar-refractivity contribution in [2.75, 3.05) is 13.2 Å². The molecule has 5 nitrogen and oxygen atoms in total. The number of nitro groups is 1. The van der Waals surface area contributed by atoms with E-state index in [1.165, 1.54) is 12.1 Å². The van der Waals surface area contributed by atoms with Gasteiger partial charge in [-0.15, -0.1) is 0 Å². The van der Waals surface area contributed by atoms with Gasteiger partial charge in [0.15, 0.2) is 8.32 Å². The molecule has 0 aliphatic carbocycles. The fraction of sp³-hybridized carbons (Fsp3) is 0.684. The van der Waals surface area contributed by atoms with E-state index in [0.29, 0.717) is 35.6 Å². The van der Waals surface area contributed by atoms with Crippen molar-refractivity contribution in [3.63, 3.8) is 0 Å². The summed E-state index contributed by atoms with van der Waals surface area (Å²) in [6, 6.07) is 6.12. The quantitative estimate of drug-likeness (QED) is 0.140. The zero-order chi connectivity index (χ0) is 20.8. The number of benzene rings is 1. The number of nitro benzene ring substituents is 1. The molecule has 0 fully saturated rings. The fourth-order valence-electron chi connectivity index (χ4n) is 3.77. The molecule has 154 valence electrons. The summed E-state index contributed by atoms with van der Waals surface area (Å²) in [6.45, 7) is 14.7. The van der Waals surface area contributed by atoms with Crippen LogP contribution in [-0.2, 0) is 4.43 Å². The summed E-state index contributed by atoms with van der Waals surface area (Å²) in [7, 11) is -1.90. The van der Waals surface area contributed by atoms with Gasteiger partial charge in [0.1, 0.15) is 12.4 Å². The van der Waals surface area contributed by atoms with Crippen molar-refractivity contribution >= 4 is 45.9 Å². The minimum Gasteiger partial charge on any atom is -0.492 e. The first-order chi connectivity index (χ1) is 12.5. The third-order valence-electron chi connectivity index (χ3n) is 5.05. The van der Waals surface area contributed by atoms with Crippen molar-refractivity contribution in [2.24, 2.45) is 0 Å². The van der Waals surface area contributed by atoms with Crippen LogP contribution >= 0.6 is 31.9 Å². The Kier molecular flexibility index (Phi) is 9.95. The summed E-state index contributed by atoms with van der Waals surface area (Å²) in [5, 5.41) is 10.7. The van der Waals surface area contributed by atoms with Crippen molar-refractivity contribution in [1.29, 1.82) is 0 Å². The maximum absolute atomic E-state index is 10.7. The molecular weight excluding hydrogens is 494 g/mol. The average Bonchev–Trinajstić information content (AvgIpc) is 2.59. The number of hydrogen-bond donors (Lipinski definition) is 0. The molecule has 0 aliphatic heterocycles. The highest BCUT2D eigenvalue weighted by atomic mass is 79.9. The molecule has 0 aromatic heterocycles. The molecule has 0 N–H and O–H groups in total. The predicted molar refractivity (Wildman–Crippen MR) is 121 cm³/mol. The van der Waals surface area contributed by atoms with Gasteiger partial charge in [-0.1, -0.05) is 73.4 Å². The molecule has 8 heteroatoms. The first-order valence-electron chi connectivity index (χ1n) is 9.31. The Morgan fingerprint density at radius 3 is 1.78 bits per heavy atom. The zero-order valence-electron chi connectivity index (χ0n) is 16.9. The van der Waals surface area contributed by atoms with Gasteiger partial charge in [-0.25, -0.2) is 0 Å². The largest absolute Gasteiger partial charge is 0.492 e. The summed E-state index contributed by atoms with van der Waals surface area (Å²) in [4.78, 5) is 10.5. The normalized spacial score (nSPS) is 14.6. The molecule has 1 aromatic rings. The topological polar surface area (TPSA) is 61.6 Å². The van der Waals surface area contributed by atoms with E-state index < -0.39 is 13.2 Å². The maximum Gasteiger partial charge on any atom is 0.269 e. The monoisotopic (exact) mass is 523 g/mol. The second-order valence-electron chi connectivity index (χ2n) is 7.72. The van der Waals surface area contributed by atoms with E-state index in [1.54, 1.807) is 12.1 Å². The second-order valence-corrected chi connectivity index (χ2v) is 15.5. The van der Waals surface area contributed by atoms with Crippen molar-refractivity contribution < 1.29 is 14.1 Å². The van der Waals surface area contributed by atoms with Crippen LogP contribution in [0.3, 0.4) is 0 Å². The first-order valence-corrected chi connectivity index (χ1v) is 13.3. The predicted octanol–water partition coefficient (Wildman–Crippen LogP) is 6.69. The van der Waals surface area contributed by atoms with Crippen LogP contribution in [0.15, 0.2) is 24.3 Å². The molecule has 0 bridgehead atoms. The number of halogens is 2. The van der Waals surface area contributed by atoms with E-state index in [4.69, 9.17) is 9.16 Å². The molecule has 0 amide bonds. The van der Waals surface area contributed by atoms with Gasteiger partial charge in [-0.3, -0.25) is 10.1 Å². The molecular formula is C19H31Br2NO4Si. The third kappa shape index (κ3) is 6.54. The molecule has 1 rings (SSSR count). The highest BCUT2D eigenvalue weighted by Crippen LogP contribution is 2.42. The van der Waals surface area contributed by atoms with Crippen LogP contribution in [0.25, 0.3) is 0 Å². The van der Waals surface area contributed by atoms with Gasteiger partial charge in [0.2, 0.25) is 0 Å². The van der Waals surface area contributed by atoms with Crippen LogP contribution in [-0.4, -0.2) is 36.1 Å². The van der Waals surface area contributed by atoms with E-state index in [9.17, 15) is 10.1 Å². The second kappa shape index (κ2) is 10.9. The summed E-state index contributed by atoms with van der Waals surface area (Å²) >= 11 is 7.40. The molecule has 0 aliphatic rings. The summed E-state index contributed by atoms with van der Waals surface area (Å²) in [5.41, 5.74) is 1.69. The van der Waals surface area contributed by atoms with Crippen LogP contribution in [0.1, 0.15) is 41.5 Å². The molecule has 0 unspecified atom stereocenters. The molecule has 0 radical (unpaired) electrons.